The second-order valence-corrected chi connectivity index (χ2v) is 5.27. The SMILES string of the molecule is CN(CC1CC(O)C1)C(=O)Nc1cccc(F)c1C(=O)O. The van der Waals surface area contributed by atoms with Gasteiger partial charge in [0.25, 0.3) is 0 Å². The van der Waals surface area contributed by atoms with Crippen molar-refractivity contribution in [3.05, 3.63) is 29.6 Å². The van der Waals surface area contributed by atoms with Crippen LogP contribution in [0, 0.1) is 11.7 Å². The summed E-state index contributed by atoms with van der Waals surface area (Å²) < 4.78 is 13.5. The molecule has 1 aromatic rings. The molecule has 0 spiro atoms. The van der Waals surface area contributed by atoms with Crippen LogP contribution in [0.1, 0.15) is 23.2 Å². The van der Waals surface area contributed by atoms with Crippen molar-refractivity contribution in [3.63, 3.8) is 0 Å². The van der Waals surface area contributed by atoms with Crippen molar-refractivity contribution in [2.24, 2.45) is 5.92 Å². The van der Waals surface area contributed by atoms with Crippen molar-refractivity contribution >= 4 is 17.7 Å². The number of carboxylic acid groups (broad SMARTS) is 1. The lowest BCUT2D eigenvalue weighted by molar-refractivity contribution is 0.0332. The van der Waals surface area contributed by atoms with Crippen LogP contribution in [0.5, 0.6) is 0 Å². The molecule has 0 atom stereocenters. The Balaban J connectivity index is 2.02. The number of amides is 2. The number of carbonyl (C=O) groups excluding carboxylic acids is 1. The highest BCUT2D eigenvalue weighted by molar-refractivity contribution is 6.00. The third kappa shape index (κ3) is 3.49. The van der Waals surface area contributed by atoms with E-state index in [2.05, 4.69) is 5.32 Å². The number of rotatable bonds is 4. The fourth-order valence-electron chi connectivity index (χ4n) is 2.38. The largest absolute Gasteiger partial charge is 0.478 e. The molecule has 0 saturated heterocycles. The van der Waals surface area contributed by atoms with Gasteiger partial charge in [-0.1, -0.05) is 6.07 Å². The number of aliphatic hydroxyl groups excluding tert-OH is 1. The van der Waals surface area contributed by atoms with Crippen molar-refractivity contribution in [2.45, 2.75) is 18.9 Å². The first-order valence-electron chi connectivity index (χ1n) is 6.60. The molecule has 1 aliphatic rings. The van der Waals surface area contributed by atoms with Gasteiger partial charge in [0.1, 0.15) is 11.4 Å². The molecule has 7 heteroatoms. The first-order chi connectivity index (χ1) is 9.88. The highest BCUT2D eigenvalue weighted by atomic mass is 19.1. The van der Waals surface area contributed by atoms with Gasteiger partial charge in [0.05, 0.1) is 11.8 Å². The molecule has 21 heavy (non-hydrogen) atoms. The van der Waals surface area contributed by atoms with E-state index in [1.165, 1.54) is 17.0 Å². The highest BCUT2D eigenvalue weighted by Crippen LogP contribution is 2.28. The number of anilines is 1. The molecule has 3 N–H and O–H groups in total. The van der Waals surface area contributed by atoms with E-state index in [4.69, 9.17) is 5.11 Å². The summed E-state index contributed by atoms with van der Waals surface area (Å²) in [7, 11) is 1.57. The normalized spacial score (nSPS) is 20.5. The number of benzene rings is 1. The molecule has 1 fully saturated rings. The maximum absolute atomic E-state index is 13.5. The first kappa shape index (κ1) is 15.2. The summed E-state index contributed by atoms with van der Waals surface area (Å²) in [5.41, 5.74) is -0.633. The predicted octanol–water partition coefficient (Wildman–Crippen LogP) is 1.76. The Bertz CT molecular complexity index is 558. The number of aliphatic hydroxyl groups is 1. The Kier molecular flexibility index (Phi) is 4.42. The smallest absolute Gasteiger partial charge is 0.340 e. The minimum absolute atomic E-state index is 0.0759. The fourth-order valence-corrected chi connectivity index (χ4v) is 2.38. The molecule has 6 nitrogen and oxygen atoms in total. The van der Waals surface area contributed by atoms with Gasteiger partial charge in [0, 0.05) is 13.6 Å². The fraction of sp³-hybridized carbons (Fsp3) is 0.429. The minimum Gasteiger partial charge on any atom is -0.478 e. The molecule has 1 saturated carbocycles. The number of hydrogen-bond acceptors (Lipinski definition) is 3. The van der Waals surface area contributed by atoms with Gasteiger partial charge in [-0.3, -0.25) is 0 Å². The van der Waals surface area contributed by atoms with Crippen LogP contribution in [0.15, 0.2) is 18.2 Å². The number of nitrogens with one attached hydrogen (secondary N) is 1. The Labute approximate surface area is 121 Å². The molecule has 0 unspecified atom stereocenters. The average molecular weight is 296 g/mol. The van der Waals surface area contributed by atoms with Crippen LogP contribution in [0.4, 0.5) is 14.9 Å². The van der Waals surface area contributed by atoms with Crippen LogP contribution in [-0.2, 0) is 0 Å². The molecular formula is C14H17FN2O4. The molecule has 0 bridgehead atoms. The lowest BCUT2D eigenvalue weighted by Gasteiger charge is -2.34. The van der Waals surface area contributed by atoms with Crippen LogP contribution in [0.3, 0.4) is 0 Å². The number of aromatic carboxylic acids is 1. The minimum atomic E-state index is -1.44. The van der Waals surface area contributed by atoms with Gasteiger partial charge in [-0.2, -0.15) is 0 Å². The molecular weight excluding hydrogens is 279 g/mol. The van der Waals surface area contributed by atoms with Crippen molar-refractivity contribution in [1.29, 1.82) is 0 Å². The lowest BCUT2D eigenvalue weighted by Crippen LogP contribution is -2.41. The third-order valence-corrected chi connectivity index (χ3v) is 3.56. The van der Waals surface area contributed by atoms with E-state index in [0.29, 0.717) is 19.4 Å². The van der Waals surface area contributed by atoms with Crippen molar-refractivity contribution in [1.82, 2.24) is 4.90 Å². The molecule has 1 aliphatic carbocycles. The molecule has 0 heterocycles. The number of nitrogens with zero attached hydrogens (tertiary/aromatic N) is 1. The molecule has 114 valence electrons. The van der Waals surface area contributed by atoms with Gasteiger partial charge >= 0.3 is 12.0 Å². The first-order valence-corrected chi connectivity index (χ1v) is 6.60. The van der Waals surface area contributed by atoms with Crippen LogP contribution in [-0.4, -0.2) is 46.8 Å². The second kappa shape index (κ2) is 6.09. The van der Waals surface area contributed by atoms with Gasteiger partial charge < -0.3 is 20.4 Å². The van der Waals surface area contributed by atoms with E-state index in [1.807, 2.05) is 0 Å². The quantitative estimate of drug-likeness (QED) is 0.789. The van der Waals surface area contributed by atoms with E-state index in [1.54, 1.807) is 7.05 Å². The average Bonchev–Trinajstić information content (AvgIpc) is 2.36. The van der Waals surface area contributed by atoms with E-state index < -0.39 is 23.4 Å². The number of carboxylic acids is 1. The molecule has 0 aliphatic heterocycles. The number of hydrogen-bond donors (Lipinski definition) is 3. The number of urea groups is 1. The summed E-state index contributed by atoms with van der Waals surface area (Å²) >= 11 is 0. The van der Waals surface area contributed by atoms with Gasteiger partial charge in [-0.15, -0.1) is 0 Å². The van der Waals surface area contributed by atoms with Gasteiger partial charge in [-0.05, 0) is 30.9 Å². The van der Waals surface area contributed by atoms with Crippen LogP contribution >= 0.6 is 0 Å². The third-order valence-electron chi connectivity index (χ3n) is 3.56. The highest BCUT2D eigenvalue weighted by Gasteiger charge is 2.29. The second-order valence-electron chi connectivity index (χ2n) is 5.27. The van der Waals surface area contributed by atoms with E-state index in [-0.39, 0.29) is 17.7 Å². The van der Waals surface area contributed by atoms with Crippen molar-refractivity contribution < 1.29 is 24.2 Å². The summed E-state index contributed by atoms with van der Waals surface area (Å²) in [5.74, 6) is -2.10. The Morgan fingerprint density at radius 3 is 2.67 bits per heavy atom. The molecule has 0 aromatic heterocycles. The van der Waals surface area contributed by atoms with Crippen LogP contribution in [0.25, 0.3) is 0 Å². The predicted molar refractivity (Wildman–Crippen MR) is 73.7 cm³/mol. The zero-order valence-corrected chi connectivity index (χ0v) is 11.5. The van der Waals surface area contributed by atoms with Gasteiger partial charge in [0.15, 0.2) is 0 Å². The maximum atomic E-state index is 13.5. The Morgan fingerprint density at radius 1 is 1.43 bits per heavy atom. The zero-order valence-electron chi connectivity index (χ0n) is 11.5. The monoisotopic (exact) mass is 296 g/mol. The summed E-state index contributed by atoms with van der Waals surface area (Å²) in [5, 5.41) is 20.6. The Hall–Kier alpha value is -2.15. The van der Waals surface area contributed by atoms with E-state index in [0.717, 1.165) is 6.07 Å². The summed E-state index contributed by atoms with van der Waals surface area (Å²) in [6, 6.07) is 3.19. The molecule has 0 radical (unpaired) electrons. The van der Waals surface area contributed by atoms with E-state index >= 15 is 0 Å². The topological polar surface area (TPSA) is 89.9 Å². The van der Waals surface area contributed by atoms with E-state index in [9.17, 15) is 19.1 Å². The Morgan fingerprint density at radius 2 is 2.10 bits per heavy atom. The molecule has 2 amide bonds. The molecule has 1 aromatic carbocycles. The number of halogens is 1. The van der Waals surface area contributed by atoms with Gasteiger partial charge in [0.2, 0.25) is 0 Å². The lowest BCUT2D eigenvalue weighted by atomic mass is 9.82. The number of carbonyl (C=O) groups is 2. The molecule has 2 rings (SSSR count). The van der Waals surface area contributed by atoms with Crippen LogP contribution in [0.2, 0.25) is 0 Å². The van der Waals surface area contributed by atoms with Crippen molar-refractivity contribution in [2.75, 3.05) is 18.9 Å². The van der Waals surface area contributed by atoms with Crippen LogP contribution < -0.4 is 5.32 Å². The zero-order chi connectivity index (χ0) is 15.6. The van der Waals surface area contributed by atoms with Gasteiger partial charge in [-0.25, -0.2) is 14.0 Å². The summed E-state index contributed by atoms with van der Waals surface area (Å²) in [4.78, 5) is 24.4. The summed E-state index contributed by atoms with van der Waals surface area (Å²) in [6.45, 7) is 0.459. The summed E-state index contributed by atoms with van der Waals surface area (Å²) in [6.07, 6.45) is 1.00. The standard InChI is InChI=1S/C14H17FN2O4/c1-17(7-8-5-9(18)6-8)14(21)16-11-4-2-3-10(15)12(11)13(19)20/h2-4,8-9,18H,5-7H2,1H3,(H,16,21)(H,19,20). The van der Waals surface area contributed by atoms with Crippen molar-refractivity contribution in [3.8, 4) is 0 Å². The maximum Gasteiger partial charge on any atom is 0.340 e.